The minimum atomic E-state index is -0.922. The fraction of sp³-hybridized carbons (Fsp3) is 0.500. The summed E-state index contributed by atoms with van der Waals surface area (Å²) in [6, 6.07) is 4.33. The summed E-state index contributed by atoms with van der Waals surface area (Å²) < 4.78 is 13.9. The second-order valence-electron chi connectivity index (χ2n) is 5.31. The van der Waals surface area contributed by atoms with Gasteiger partial charge in [-0.25, -0.2) is 4.39 Å². The van der Waals surface area contributed by atoms with E-state index in [-0.39, 0.29) is 24.7 Å². The molecule has 0 spiro atoms. The zero-order valence-electron chi connectivity index (χ0n) is 12.8. The third-order valence-corrected chi connectivity index (χ3v) is 4.83. The van der Waals surface area contributed by atoms with E-state index in [4.69, 9.17) is 0 Å². The van der Waals surface area contributed by atoms with Crippen LogP contribution >= 0.6 is 15.9 Å². The van der Waals surface area contributed by atoms with Crippen molar-refractivity contribution in [1.29, 1.82) is 0 Å². The molecule has 0 radical (unpaired) electrons. The first-order chi connectivity index (χ1) is 10.3. The highest BCUT2D eigenvalue weighted by Gasteiger charge is 2.34. The van der Waals surface area contributed by atoms with Crippen LogP contribution in [0, 0.1) is 11.2 Å². The maximum Gasteiger partial charge on any atom is 0.311 e. The molecule has 0 fully saturated rings. The first-order valence-electron chi connectivity index (χ1n) is 7.28. The number of benzene rings is 1. The minimum Gasteiger partial charge on any atom is -0.481 e. The third kappa shape index (κ3) is 4.80. The van der Waals surface area contributed by atoms with Crippen molar-refractivity contribution in [2.24, 2.45) is 5.41 Å². The average Bonchev–Trinajstić information content (AvgIpc) is 2.49. The molecule has 0 atom stereocenters. The molecule has 1 rings (SSSR count). The van der Waals surface area contributed by atoms with E-state index < -0.39 is 11.4 Å². The number of hydrogen-bond donors (Lipinski definition) is 2. The van der Waals surface area contributed by atoms with Crippen molar-refractivity contribution in [3.8, 4) is 0 Å². The lowest BCUT2D eigenvalue weighted by atomic mass is 9.82. The summed E-state index contributed by atoms with van der Waals surface area (Å²) in [5, 5.41) is 12.0. The SMILES string of the molecule is CCC(CC)(CNC(=O)CCc1cc(F)ccc1Br)C(=O)O. The fourth-order valence-corrected chi connectivity index (χ4v) is 2.66. The van der Waals surface area contributed by atoms with Gasteiger partial charge >= 0.3 is 5.97 Å². The van der Waals surface area contributed by atoms with Gasteiger partial charge in [0.25, 0.3) is 0 Å². The molecule has 0 saturated heterocycles. The second-order valence-corrected chi connectivity index (χ2v) is 6.16. The molecule has 0 bridgehead atoms. The van der Waals surface area contributed by atoms with Gasteiger partial charge in [0.2, 0.25) is 5.91 Å². The first-order valence-corrected chi connectivity index (χ1v) is 8.08. The normalized spacial score (nSPS) is 11.3. The highest BCUT2D eigenvalue weighted by Crippen LogP contribution is 2.25. The van der Waals surface area contributed by atoms with Crippen LogP contribution in [0.4, 0.5) is 4.39 Å². The Labute approximate surface area is 138 Å². The number of aliphatic carboxylic acids is 1. The number of carbonyl (C=O) groups excluding carboxylic acids is 1. The van der Waals surface area contributed by atoms with Crippen molar-refractivity contribution < 1.29 is 19.1 Å². The molecule has 2 N–H and O–H groups in total. The summed E-state index contributed by atoms with van der Waals surface area (Å²) in [4.78, 5) is 23.3. The van der Waals surface area contributed by atoms with Crippen molar-refractivity contribution in [2.45, 2.75) is 39.5 Å². The Hall–Kier alpha value is -1.43. The fourth-order valence-electron chi connectivity index (χ4n) is 2.22. The van der Waals surface area contributed by atoms with Gasteiger partial charge in [0, 0.05) is 17.4 Å². The molecule has 1 aromatic carbocycles. The van der Waals surface area contributed by atoms with E-state index in [1.807, 2.05) is 0 Å². The molecule has 1 amide bonds. The highest BCUT2D eigenvalue weighted by molar-refractivity contribution is 9.10. The molecule has 0 aliphatic rings. The van der Waals surface area contributed by atoms with E-state index in [0.29, 0.717) is 24.8 Å². The number of rotatable bonds is 8. The minimum absolute atomic E-state index is 0.110. The molecule has 122 valence electrons. The molecule has 0 aromatic heterocycles. The Kier molecular flexibility index (Phi) is 7.00. The predicted octanol–water partition coefficient (Wildman–Crippen LogP) is 3.53. The number of aryl methyl sites for hydroxylation is 1. The van der Waals surface area contributed by atoms with Crippen molar-refractivity contribution in [3.63, 3.8) is 0 Å². The van der Waals surface area contributed by atoms with Crippen molar-refractivity contribution in [2.75, 3.05) is 6.54 Å². The molecule has 4 nitrogen and oxygen atoms in total. The Bertz CT molecular complexity index is 544. The van der Waals surface area contributed by atoms with Crippen LogP contribution < -0.4 is 5.32 Å². The van der Waals surface area contributed by atoms with Gasteiger partial charge in [0.1, 0.15) is 5.82 Å². The lowest BCUT2D eigenvalue weighted by Gasteiger charge is -2.26. The van der Waals surface area contributed by atoms with Crippen molar-refractivity contribution >= 4 is 27.8 Å². The zero-order chi connectivity index (χ0) is 16.8. The van der Waals surface area contributed by atoms with E-state index in [1.54, 1.807) is 19.9 Å². The Morgan fingerprint density at radius 1 is 1.32 bits per heavy atom. The first kappa shape index (κ1) is 18.6. The maximum atomic E-state index is 13.2. The number of nitrogens with one attached hydrogen (secondary N) is 1. The van der Waals surface area contributed by atoms with Gasteiger partial charge in [-0.15, -0.1) is 0 Å². The van der Waals surface area contributed by atoms with Crippen LogP contribution in [0.3, 0.4) is 0 Å². The molecule has 0 aliphatic carbocycles. The number of carbonyl (C=O) groups is 2. The second kappa shape index (κ2) is 8.27. The average molecular weight is 374 g/mol. The number of amides is 1. The third-order valence-electron chi connectivity index (χ3n) is 4.06. The summed E-state index contributed by atoms with van der Waals surface area (Å²) in [5.41, 5.74) is -0.208. The van der Waals surface area contributed by atoms with E-state index >= 15 is 0 Å². The zero-order valence-corrected chi connectivity index (χ0v) is 14.4. The number of carboxylic acid groups (broad SMARTS) is 1. The Balaban J connectivity index is 2.56. The predicted molar refractivity (Wildman–Crippen MR) is 86.1 cm³/mol. The Morgan fingerprint density at radius 2 is 1.95 bits per heavy atom. The van der Waals surface area contributed by atoms with Crippen molar-refractivity contribution in [1.82, 2.24) is 5.32 Å². The van der Waals surface area contributed by atoms with Crippen LogP contribution in [-0.2, 0) is 16.0 Å². The summed E-state index contributed by atoms with van der Waals surface area (Å²) in [6.45, 7) is 3.71. The molecule has 1 aromatic rings. The molecular weight excluding hydrogens is 353 g/mol. The van der Waals surface area contributed by atoms with Gasteiger partial charge in [-0.05, 0) is 43.0 Å². The topological polar surface area (TPSA) is 66.4 Å². The van der Waals surface area contributed by atoms with Gasteiger partial charge < -0.3 is 10.4 Å². The molecule has 0 aliphatic heterocycles. The van der Waals surface area contributed by atoms with Crippen LogP contribution in [0.2, 0.25) is 0 Å². The summed E-state index contributed by atoms with van der Waals surface area (Å²) >= 11 is 3.32. The van der Waals surface area contributed by atoms with Crippen LogP contribution in [0.5, 0.6) is 0 Å². The lowest BCUT2D eigenvalue weighted by molar-refractivity contribution is -0.149. The number of carboxylic acids is 1. The molecule has 22 heavy (non-hydrogen) atoms. The van der Waals surface area contributed by atoms with Crippen LogP contribution in [0.1, 0.15) is 38.7 Å². The Morgan fingerprint density at radius 3 is 2.50 bits per heavy atom. The monoisotopic (exact) mass is 373 g/mol. The van der Waals surface area contributed by atoms with E-state index in [1.165, 1.54) is 12.1 Å². The number of hydrogen-bond acceptors (Lipinski definition) is 2. The summed E-state index contributed by atoms with van der Waals surface area (Å²) in [7, 11) is 0. The van der Waals surface area contributed by atoms with Gasteiger partial charge in [-0.3, -0.25) is 9.59 Å². The van der Waals surface area contributed by atoms with Gasteiger partial charge in [-0.1, -0.05) is 29.8 Å². The molecule has 0 unspecified atom stereocenters. The summed E-state index contributed by atoms with van der Waals surface area (Å²) in [6.07, 6.45) is 1.48. The number of halogens is 2. The van der Waals surface area contributed by atoms with Gasteiger partial charge in [-0.2, -0.15) is 0 Å². The summed E-state index contributed by atoms with van der Waals surface area (Å²) in [5.74, 6) is -1.48. The van der Waals surface area contributed by atoms with Gasteiger partial charge in [0.05, 0.1) is 5.41 Å². The highest BCUT2D eigenvalue weighted by atomic mass is 79.9. The largest absolute Gasteiger partial charge is 0.481 e. The molecule has 6 heteroatoms. The molecular formula is C16H21BrFNO3. The van der Waals surface area contributed by atoms with E-state index in [0.717, 1.165) is 4.47 Å². The quantitative estimate of drug-likeness (QED) is 0.732. The molecule has 0 saturated carbocycles. The van der Waals surface area contributed by atoms with Gasteiger partial charge in [0.15, 0.2) is 0 Å². The maximum absolute atomic E-state index is 13.2. The van der Waals surface area contributed by atoms with Crippen LogP contribution in [0.15, 0.2) is 22.7 Å². The van der Waals surface area contributed by atoms with Crippen molar-refractivity contribution in [3.05, 3.63) is 34.1 Å². The smallest absolute Gasteiger partial charge is 0.311 e. The van der Waals surface area contributed by atoms with Crippen LogP contribution in [-0.4, -0.2) is 23.5 Å². The van der Waals surface area contributed by atoms with E-state index in [9.17, 15) is 19.1 Å². The molecule has 0 heterocycles. The van der Waals surface area contributed by atoms with E-state index in [2.05, 4.69) is 21.2 Å². The lowest BCUT2D eigenvalue weighted by Crippen LogP contribution is -2.42. The van der Waals surface area contributed by atoms with Crippen LogP contribution in [0.25, 0.3) is 0 Å². The standard InChI is InChI=1S/C16H21BrFNO3/c1-3-16(4-2,15(21)22)10-19-14(20)8-5-11-9-12(18)6-7-13(11)17/h6-7,9H,3-5,8,10H2,1-2H3,(H,19,20)(H,21,22).